The van der Waals surface area contributed by atoms with E-state index in [4.69, 9.17) is 15.6 Å². The molecular weight excluding hydrogens is 288 g/mol. The summed E-state index contributed by atoms with van der Waals surface area (Å²) in [6.07, 6.45) is 2.35. The molecule has 2 heterocycles. The van der Waals surface area contributed by atoms with Crippen molar-refractivity contribution in [3.63, 3.8) is 0 Å². The Bertz CT molecular complexity index is 427. The van der Waals surface area contributed by atoms with E-state index in [9.17, 15) is 0 Å². The van der Waals surface area contributed by atoms with Gasteiger partial charge in [0.2, 0.25) is 5.90 Å². The van der Waals surface area contributed by atoms with Crippen molar-refractivity contribution >= 4 is 5.90 Å². The van der Waals surface area contributed by atoms with E-state index in [1.807, 2.05) is 0 Å². The van der Waals surface area contributed by atoms with Crippen molar-refractivity contribution in [1.29, 1.82) is 0 Å². The minimum atomic E-state index is -0.0678. The predicted octanol–water partition coefficient (Wildman–Crippen LogP) is 2.41. The maximum Gasteiger partial charge on any atom is 0.225 e. The summed E-state index contributed by atoms with van der Waals surface area (Å²) < 4.78 is 7.06. The number of likely N-dealkylation sites (N-methyl/N-ethyl adjacent to an activating group) is 1. The van der Waals surface area contributed by atoms with Crippen LogP contribution >= 0.6 is 0 Å². The van der Waals surface area contributed by atoms with E-state index in [2.05, 4.69) is 53.6 Å². The zero-order valence-electron chi connectivity index (χ0n) is 16.1. The van der Waals surface area contributed by atoms with Crippen molar-refractivity contribution in [3.8, 4) is 0 Å². The van der Waals surface area contributed by atoms with Crippen LogP contribution in [0.25, 0.3) is 0 Å². The zero-order valence-corrected chi connectivity index (χ0v) is 16.1. The lowest BCUT2D eigenvalue weighted by Gasteiger charge is -2.42. The number of quaternary nitrogens is 1. The largest absolute Gasteiger partial charge is 0.473 e. The molecule has 0 bridgehead atoms. The van der Waals surface area contributed by atoms with Crippen LogP contribution < -0.4 is 5.73 Å². The first-order chi connectivity index (χ1) is 10.7. The summed E-state index contributed by atoms with van der Waals surface area (Å²) in [4.78, 5) is 0. The Morgan fingerprint density at radius 2 is 1.83 bits per heavy atom. The van der Waals surface area contributed by atoms with Gasteiger partial charge in [-0.15, -0.1) is 5.10 Å². The van der Waals surface area contributed by atoms with Gasteiger partial charge in [0.05, 0.1) is 25.2 Å². The third-order valence-corrected chi connectivity index (χ3v) is 6.59. The van der Waals surface area contributed by atoms with E-state index in [-0.39, 0.29) is 6.04 Å². The molecule has 4 unspecified atom stereocenters. The Morgan fingerprint density at radius 1 is 1.22 bits per heavy atom. The topological polar surface area (TPSA) is 50.9 Å². The summed E-state index contributed by atoms with van der Waals surface area (Å²) >= 11 is 0. The molecule has 5 heteroatoms. The highest BCUT2D eigenvalue weighted by Crippen LogP contribution is 2.33. The van der Waals surface area contributed by atoms with Crippen LogP contribution in [0.4, 0.5) is 0 Å². The van der Waals surface area contributed by atoms with Gasteiger partial charge in [0.1, 0.15) is 19.2 Å². The summed E-state index contributed by atoms with van der Waals surface area (Å²) in [5, 5.41) is 6.93. The number of ether oxygens (including phenoxy) is 1. The third kappa shape index (κ3) is 3.50. The molecule has 0 aromatic heterocycles. The SMILES string of the molecule is CC1CCC2C(N)C(OCC[N+](C)(C(C)C)C(C)C)=NN2C1C. The number of fused-ring (bicyclic) bond motifs is 1. The van der Waals surface area contributed by atoms with Crippen LogP contribution in [0.15, 0.2) is 5.10 Å². The molecule has 2 aliphatic heterocycles. The van der Waals surface area contributed by atoms with E-state index in [1.54, 1.807) is 0 Å². The molecule has 0 saturated carbocycles. The van der Waals surface area contributed by atoms with Crippen LogP contribution in [0.1, 0.15) is 54.4 Å². The van der Waals surface area contributed by atoms with E-state index in [0.717, 1.165) is 23.3 Å². The van der Waals surface area contributed by atoms with Crippen LogP contribution in [0.2, 0.25) is 0 Å². The van der Waals surface area contributed by atoms with Crippen LogP contribution in [0, 0.1) is 5.92 Å². The van der Waals surface area contributed by atoms with E-state index < -0.39 is 0 Å². The first-order valence-corrected chi connectivity index (χ1v) is 9.28. The number of piperidine rings is 1. The van der Waals surface area contributed by atoms with Gasteiger partial charge >= 0.3 is 0 Å². The molecule has 2 aliphatic rings. The lowest BCUT2D eigenvalue weighted by molar-refractivity contribution is -0.949. The fraction of sp³-hybridized carbons (Fsp3) is 0.944. The number of rotatable bonds is 5. The molecule has 0 spiro atoms. The summed E-state index contributed by atoms with van der Waals surface area (Å²) in [5.74, 6) is 1.42. The van der Waals surface area contributed by atoms with Crippen LogP contribution in [-0.2, 0) is 4.74 Å². The summed E-state index contributed by atoms with van der Waals surface area (Å²) in [6.45, 7) is 15.3. The number of hydrogen-bond donors (Lipinski definition) is 1. The van der Waals surface area contributed by atoms with E-state index >= 15 is 0 Å². The highest BCUT2D eigenvalue weighted by molar-refractivity contribution is 5.84. The molecular formula is C18H37N4O+. The van der Waals surface area contributed by atoms with E-state index in [0.29, 0.717) is 36.7 Å². The molecule has 1 saturated heterocycles. The van der Waals surface area contributed by atoms with Gasteiger partial charge in [-0.05, 0) is 53.4 Å². The van der Waals surface area contributed by atoms with Crippen LogP contribution in [0.5, 0.6) is 0 Å². The van der Waals surface area contributed by atoms with Gasteiger partial charge in [0.15, 0.2) is 0 Å². The monoisotopic (exact) mass is 325 g/mol. The van der Waals surface area contributed by atoms with Crippen molar-refractivity contribution in [2.45, 2.75) is 84.6 Å². The molecule has 134 valence electrons. The first kappa shape index (κ1) is 18.5. The van der Waals surface area contributed by atoms with Crippen LogP contribution in [-0.4, -0.2) is 65.8 Å². The summed E-state index contributed by atoms with van der Waals surface area (Å²) in [7, 11) is 2.31. The molecule has 0 aromatic rings. The Balaban J connectivity index is 1.96. The van der Waals surface area contributed by atoms with Crippen LogP contribution in [0.3, 0.4) is 0 Å². The molecule has 0 aromatic carbocycles. The van der Waals surface area contributed by atoms with Gasteiger partial charge in [-0.25, -0.2) is 0 Å². The van der Waals surface area contributed by atoms with Gasteiger partial charge in [-0.1, -0.05) is 6.92 Å². The molecule has 0 aliphatic carbocycles. The van der Waals surface area contributed by atoms with E-state index in [1.165, 1.54) is 6.42 Å². The number of nitrogens with zero attached hydrogens (tertiary/aromatic N) is 3. The minimum absolute atomic E-state index is 0.0678. The molecule has 0 radical (unpaired) electrons. The number of hydrogen-bond acceptors (Lipinski definition) is 4. The average molecular weight is 326 g/mol. The molecule has 23 heavy (non-hydrogen) atoms. The van der Waals surface area contributed by atoms with Gasteiger partial charge < -0.3 is 15.0 Å². The van der Waals surface area contributed by atoms with Gasteiger partial charge in [-0.2, -0.15) is 0 Å². The molecule has 2 rings (SSSR count). The standard InChI is InChI=1S/C18H37N4O/c1-12(2)22(7,13(3)4)10-11-23-18-17(19)16-9-8-14(5)15(6)21(16)20-18/h12-17H,8-11,19H2,1-7H3/q+1. The quantitative estimate of drug-likeness (QED) is 0.790. The number of nitrogens with two attached hydrogens (primary N) is 1. The molecule has 1 fully saturated rings. The van der Waals surface area contributed by atoms with Crippen molar-refractivity contribution in [3.05, 3.63) is 0 Å². The lowest BCUT2D eigenvalue weighted by atomic mass is 9.87. The Hall–Kier alpha value is -0.810. The lowest BCUT2D eigenvalue weighted by Crippen LogP contribution is -2.56. The average Bonchev–Trinajstić information content (AvgIpc) is 2.80. The molecule has 0 amide bonds. The fourth-order valence-electron chi connectivity index (χ4n) is 3.81. The predicted molar refractivity (Wildman–Crippen MR) is 96.2 cm³/mol. The van der Waals surface area contributed by atoms with Gasteiger partial charge in [0.25, 0.3) is 0 Å². The highest BCUT2D eigenvalue weighted by Gasteiger charge is 2.43. The molecule has 4 atom stereocenters. The Morgan fingerprint density at radius 3 is 2.39 bits per heavy atom. The minimum Gasteiger partial charge on any atom is -0.473 e. The van der Waals surface area contributed by atoms with Gasteiger partial charge in [-0.3, -0.25) is 5.01 Å². The Kier molecular flexibility index (Phi) is 5.62. The second-order valence-electron chi connectivity index (χ2n) is 8.31. The summed E-state index contributed by atoms with van der Waals surface area (Å²) in [6, 6.07) is 1.86. The fourth-order valence-corrected chi connectivity index (χ4v) is 3.81. The summed E-state index contributed by atoms with van der Waals surface area (Å²) in [5.41, 5.74) is 6.41. The highest BCUT2D eigenvalue weighted by atomic mass is 16.5. The second kappa shape index (κ2) is 6.98. The zero-order chi connectivity index (χ0) is 17.4. The molecule has 5 nitrogen and oxygen atoms in total. The second-order valence-corrected chi connectivity index (χ2v) is 8.31. The normalized spacial score (nSPS) is 31.6. The van der Waals surface area contributed by atoms with Crippen molar-refractivity contribution in [1.82, 2.24) is 5.01 Å². The number of hydrazone groups is 1. The maximum absolute atomic E-state index is 6.41. The van der Waals surface area contributed by atoms with Crippen molar-refractivity contribution in [2.75, 3.05) is 20.2 Å². The molecule has 2 N–H and O–H groups in total. The maximum atomic E-state index is 6.41. The van der Waals surface area contributed by atoms with Crippen molar-refractivity contribution in [2.24, 2.45) is 16.8 Å². The Labute approximate surface area is 142 Å². The first-order valence-electron chi connectivity index (χ1n) is 9.28. The smallest absolute Gasteiger partial charge is 0.225 e. The van der Waals surface area contributed by atoms with Gasteiger partial charge in [0, 0.05) is 6.04 Å². The van der Waals surface area contributed by atoms with Crippen molar-refractivity contribution < 1.29 is 9.22 Å². The third-order valence-electron chi connectivity index (χ3n) is 6.59.